The largest absolute Gasteiger partial charge is 0.310 e. The molecule has 1 aromatic carbocycles. The molecule has 3 heteroatoms. The first kappa shape index (κ1) is 11.5. The molecule has 88 valence electrons. The number of nitrogens with one attached hydrogen (secondary N) is 1. The first-order valence-corrected chi connectivity index (χ1v) is 5.81. The van der Waals surface area contributed by atoms with Crippen molar-refractivity contribution < 1.29 is 8.78 Å². The molecule has 0 radical (unpaired) electrons. The van der Waals surface area contributed by atoms with Gasteiger partial charge in [0.2, 0.25) is 0 Å². The van der Waals surface area contributed by atoms with Crippen molar-refractivity contribution in [2.24, 2.45) is 11.8 Å². The monoisotopic (exact) mass is 225 g/mol. The maximum absolute atomic E-state index is 13.2. The van der Waals surface area contributed by atoms with Crippen molar-refractivity contribution in [1.82, 2.24) is 5.32 Å². The third kappa shape index (κ3) is 2.24. The minimum Gasteiger partial charge on any atom is -0.310 e. The summed E-state index contributed by atoms with van der Waals surface area (Å²) in [5.41, 5.74) is 0.857. The molecule has 0 heterocycles. The molecule has 2 rings (SSSR count). The van der Waals surface area contributed by atoms with E-state index in [1.807, 2.05) is 6.92 Å². The lowest BCUT2D eigenvalue weighted by atomic mass is 10.0. The van der Waals surface area contributed by atoms with Crippen LogP contribution in [0.5, 0.6) is 0 Å². The SMILES string of the molecule is CCNC(c1ccc(F)c(F)c1)C1CC1C. The van der Waals surface area contributed by atoms with E-state index in [1.54, 1.807) is 6.07 Å². The fraction of sp³-hybridized carbons (Fsp3) is 0.538. The van der Waals surface area contributed by atoms with Crippen molar-refractivity contribution in [2.45, 2.75) is 26.3 Å². The second-order valence-electron chi connectivity index (χ2n) is 4.59. The summed E-state index contributed by atoms with van der Waals surface area (Å²) >= 11 is 0. The van der Waals surface area contributed by atoms with Gasteiger partial charge in [0.15, 0.2) is 11.6 Å². The van der Waals surface area contributed by atoms with Crippen LogP contribution >= 0.6 is 0 Å². The van der Waals surface area contributed by atoms with Gasteiger partial charge in [-0.2, -0.15) is 0 Å². The first-order valence-electron chi connectivity index (χ1n) is 5.81. The van der Waals surface area contributed by atoms with Crippen LogP contribution in [0.4, 0.5) is 8.78 Å². The van der Waals surface area contributed by atoms with Crippen LogP contribution in [-0.2, 0) is 0 Å². The minimum atomic E-state index is -0.775. The Kier molecular flexibility index (Phi) is 3.24. The standard InChI is InChI=1S/C13H17F2N/c1-3-16-13(10-6-8(10)2)9-4-5-11(14)12(15)7-9/h4-5,7-8,10,13,16H,3,6H2,1-2H3. The van der Waals surface area contributed by atoms with E-state index in [1.165, 1.54) is 12.1 Å². The molecule has 1 aliphatic rings. The molecule has 16 heavy (non-hydrogen) atoms. The lowest BCUT2D eigenvalue weighted by molar-refractivity contribution is 0.464. The summed E-state index contributed by atoms with van der Waals surface area (Å²) in [4.78, 5) is 0. The third-order valence-electron chi connectivity index (χ3n) is 3.33. The van der Waals surface area contributed by atoms with Gasteiger partial charge in [-0.3, -0.25) is 0 Å². The van der Waals surface area contributed by atoms with Gasteiger partial charge in [-0.25, -0.2) is 8.78 Å². The highest BCUT2D eigenvalue weighted by molar-refractivity contribution is 5.23. The molecule has 1 fully saturated rings. The first-order chi connectivity index (χ1) is 7.63. The topological polar surface area (TPSA) is 12.0 Å². The highest BCUT2D eigenvalue weighted by Crippen LogP contribution is 2.46. The maximum Gasteiger partial charge on any atom is 0.159 e. The van der Waals surface area contributed by atoms with Crippen LogP contribution < -0.4 is 5.32 Å². The van der Waals surface area contributed by atoms with Crippen LogP contribution in [0.25, 0.3) is 0 Å². The van der Waals surface area contributed by atoms with Crippen molar-refractivity contribution in [3.05, 3.63) is 35.4 Å². The predicted octanol–water partition coefficient (Wildman–Crippen LogP) is 3.27. The third-order valence-corrected chi connectivity index (χ3v) is 3.33. The Hall–Kier alpha value is -0.960. The number of benzene rings is 1. The quantitative estimate of drug-likeness (QED) is 0.829. The van der Waals surface area contributed by atoms with Crippen LogP contribution in [0.15, 0.2) is 18.2 Å². The molecule has 3 atom stereocenters. The maximum atomic E-state index is 13.2. The van der Waals surface area contributed by atoms with E-state index >= 15 is 0 Å². The smallest absolute Gasteiger partial charge is 0.159 e. The molecule has 1 N–H and O–H groups in total. The molecular weight excluding hydrogens is 208 g/mol. The Morgan fingerprint density at radius 1 is 1.38 bits per heavy atom. The van der Waals surface area contributed by atoms with Crippen LogP contribution in [0.1, 0.15) is 31.9 Å². The van der Waals surface area contributed by atoms with Gasteiger partial charge in [-0.05, 0) is 42.5 Å². The summed E-state index contributed by atoms with van der Waals surface area (Å²) in [7, 11) is 0. The van der Waals surface area contributed by atoms with Crippen molar-refractivity contribution in [1.29, 1.82) is 0 Å². The summed E-state index contributed by atoms with van der Waals surface area (Å²) in [5.74, 6) is -0.293. The molecule has 0 spiro atoms. The predicted molar refractivity (Wildman–Crippen MR) is 60.0 cm³/mol. The molecule has 0 aliphatic heterocycles. The Labute approximate surface area is 94.9 Å². The molecular formula is C13H17F2N. The van der Waals surface area contributed by atoms with Gasteiger partial charge in [0, 0.05) is 6.04 Å². The fourth-order valence-electron chi connectivity index (χ4n) is 2.26. The van der Waals surface area contributed by atoms with Crippen molar-refractivity contribution in [3.63, 3.8) is 0 Å². The Balaban J connectivity index is 2.21. The Morgan fingerprint density at radius 3 is 2.56 bits per heavy atom. The zero-order valence-corrected chi connectivity index (χ0v) is 9.63. The van der Waals surface area contributed by atoms with E-state index in [2.05, 4.69) is 12.2 Å². The van der Waals surface area contributed by atoms with Gasteiger partial charge in [0.05, 0.1) is 0 Å². The lowest BCUT2D eigenvalue weighted by Crippen LogP contribution is -2.23. The number of halogens is 2. The summed E-state index contributed by atoms with van der Waals surface area (Å²) in [6.45, 7) is 5.06. The number of hydrogen-bond donors (Lipinski definition) is 1. The van der Waals surface area contributed by atoms with E-state index in [0.717, 1.165) is 18.5 Å². The molecule has 1 aromatic rings. The van der Waals surface area contributed by atoms with Crippen LogP contribution in [0.2, 0.25) is 0 Å². The van der Waals surface area contributed by atoms with Gasteiger partial charge in [-0.1, -0.05) is 19.9 Å². The van der Waals surface area contributed by atoms with Gasteiger partial charge < -0.3 is 5.32 Å². The zero-order chi connectivity index (χ0) is 11.7. The molecule has 0 aromatic heterocycles. The summed E-state index contributed by atoms with van der Waals surface area (Å²) in [5, 5.41) is 3.35. The molecule has 0 saturated heterocycles. The van der Waals surface area contributed by atoms with E-state index in [0.29, 0.717) is 11.8 Å². The second-order valence-corrected chi connectivity index (χ2v) is 4.59. The van der Waals surface area contributed by atoms with Gasteiger partial charge >= 0.3 is 0 Å². The minimum absolute atomic E-state index is 0.162. The van der Waals surface area contributed by atoms with Crippen molar-refractivity contribution >= 4 is 0 Å². The average molecular weight is 225 g/mol. The highest BCUT2D eigenvalue weighted by atomic mass is 19.2. The molecule has 1 aliphatic carbocycles. The van der Waals surface area contributed by atoms with E-state index in [9.17, 15) is 8.78 Å². The summed E-state index contributed by atoms with van der Waals surface area (Å²) < 4.78 is 26.0. The Bertz CT molecular complexity index is 378. The van der Waals surface area contributed by atoms with E-state index in [-0.39, 0.29) is 6.04 Å². The molecule has 0 amide bonds. The normalized spacial score (nSPS) is 25.5. The van der Waals surface area contributed by atoms with Gasteiger partial charge in [-0.15, -0.1) is 0 Å². The van der Waals surface area contributed by atoms with Crippen molar-refractivity contribution in [2.75, 3.05) is 6.54 Å². The number of hydrogen-bond acceptors (Lipinski definition) is 1. The fourth-order valence-corrected chi connectivity index (χ4v) is 2.26. The van der Waals surface area contributed by atoms with E-state index < -0.39 is 11.6 Å². The summed E-state index contributed by atoms with van der Waals surface area (Å²) in [6, 6.07) is 4.36. The van der Waals surface area contributed by atoms with Gasteiger partial charge in [0.25, 0.3) is 0 Å². The molecule has 1 saturated carbocycles. The Morgan fingerprint density at radius 2 is 2.06 bits per heavy atom. The molecule has 1 nitrogen and oxygen atoms in total. The zero-order valence-electron chi connectivity index (χ0n) is 9.63. The van der Waals surface area contributed by atoms with E-state index in [4.69, 9.17) is 0 Å². The summed E-state index contributed by atoms with van der Waals surface area (Å²) in [6.07, 6.45) is 1.16. The van der Waals surface area contributed by atoms with Crippen LogP contribution in [0, 0.1) is 23.5 Å². The number of rotatable bonds is 4. The van der Waals surface area contributed by atoms with Gasteiger partial charge in [0.1, 0.15) is 0 Å². The second kappa shape index (κ2) is 4.50. The van der Waals surface area contributed by atoms with Crippen LogP contribution in [0.3, 0.4) is 0 Å². The van der Waals surface area contributed by atoms with Crippen molar-refractivity contribution in [3.8, 4) is 0 Å². The highest BCUT2D eigenvalue weighted by Gasteiger charge is 2.39. The lowest BCUT2D eigenvalue weighted by Gasteiger charge is -2.18. The van der Waals surface area contributed by atoms with Crippen LogP contribution in [-0.4, -0.2) is 6.54 Å². The average Bonchev–Trinajstić information content (AvgIpc) is 2.96. The molecule has 0 bridgehead atoms. The molecule has 3 unspecified atom stereocenters.